The minimum atomic E-state index is -2.86. The summed E-state index contributed by atoms with van der Waals surface area (Å²) < 4.78 is 43.5. The number of hydrogen-bond donors (Lipinski definition) is 4. The summed E-state index contributed by atoms with van der Waals surface area (Å²) in [5.74, 6) is 0.598. The summed E-state index contributed by atoms with van der Waals surface area (Å²) in [4.78, 5) is 0. The Morgan fingerprint density at radius 2 is 1.13 bits per heavy atom. The van der Waals surface area contributed by atoms with Gasteiger partial charge >= 0.3 is 17.1 Å². The van der Waals surface area contributed by atoms with Crippen molar-refractivity contribution in [2.75, 3.05) is 23.0 Å². The van der Waals surface area contributed by atoms with E-state index in [4.69, 9.17) is 10.2 Å². The quantitative estimate of drug-likeness (QED) is 0.200. The molecule has 23 heavy (non-hydrogen) atoms. The summed E-state index contributed by atoms with van der Waals surface area (Å²) in [6.07, 6.45) is 1.10. The van der Waals surface area contributed by atoms with E-state index in [1.54, 1.807) is 0 Å². The zero-order chi connectivity index (χ0) is 17.0. The van der Waals surface area contributed by atoms with Crippen LogP contribution in [0.4, 0.5) is 0 Å². The smallest absolute Gasteiger partial charge is 0.746 e. The van der Waals surface area contributed by atoms with Crippen molar-refractivity contribution in [3.8, 4) is 0 Å². The molecule has 4 unspecified atom stereocenters. The van der Waals surface area contributed by atoms with E-state index >= 15 is 0 Å². The Balaban J connectivity index is 0.000000403. The van der Waals surface area contributed by atoms with Crippen LogP contribution in [0.25, 0.3) is 0 Å². The van der Waals surface area contributed by atoms with Crippen molar-refractivity contribution in [1.82, 2.24) is 10.6 Å². The molecule has 0 bridgehead atoms. The van der Waals surface area contributed by atoms with Crippen molar-refractivity contribution in [2.45, 2.75) is 36.0 Å². The predicted octanol–water partition coefficient (Wildman–Crippen LogP) is -2.83. The first-order valence-corrected chi connectivity index (χ1v) is 11.2. The summed E-state index contributed by atoms with van der Waals surface area (Å²) in [5, 5.41) is 22.6. The van der Waals surface area contributed by atoms with E-state index in [9.17, 15) is 16.8 Å². The molecule has 4 N–H and O–H groups in total. The van der Waals surface area contributed by atoms with E-state index in [1.807, 2.05) is 0 Å². The standard InChI is InChI=1S/2C5H11NO3S2.Cu/c2*7-5(10)6-4-1-2-11(8,9)3-4;/h2*4-7,10H,1-3H2;/q;;+2/p-2. The maximum atomic E-state index is 10.9. The first kappa shape index (κ1) is 24.0. The number of aliphatic hydroxyl groups excluding tert-OH is 2. The second-order valence-corrected chi connectivity index (χ2v) is 10.6. The second-order valence-electron chi connectivity index (χ2n) is 5.24. The van der Waals surface area contributed by atoms with Gasteiger partial charge in [-0.05, 0) is 24.0 Å². The van der Waals surface area contributed by atoms with Crippen LogP contribution in [0.1, 0.15) is 12.8 Å². The molecule has 0 aromatic rings. The SMILES string of the molecule is O=S1(=O)CCC(NC(O)[S-])C1.O=S1(=O)CCC(NC(O)[S-])C1.[Cu+2]. The van der Waals surface area contributed by atoms with Gasteiger partial charge in [0, 0.05) is 12.1 Å². The molecule has 2 fully saturated rings. The summed E-state index contributed by atoms with van der Waals surface area (Å²) in [5.41, 5.74) is -2.07. The number of nitrogens with one attached hydrogen (secondary N) is 2. The number of sulfone groups is 2. The summed E-state index contributed by atoms with van der Waals surface area (Å²) in [6.45, 7) is 0. The molecule has 0 spiro atoms. The van der Waals surface area contributed by atoms with Crippen molar-refractivity contribution >= 4 is 44.9 Å². The summed E-state index contributed by atoms with van der Waals surface area (Å²) in [6, 6.07) is -0.319. The Morgan fingerprint density at radius 3 is 1.30 bits per heavy atom. The van der Waals surface area contributed by atoms with Gasteiger partial charge in [-0.2, -0.15) is 0 Å². The van der Waals surface area contributed by atoms with Crippen LogP contribution in [-0.2, 0) is 62.0 Å². The van der Waals surface area contributed by atoms with Crippen LogP contribution >= 0.6 is 0 Å². The minimum absolute atomic E-state index is 0. The van der Waals surface area contributed by atoms with Gasteiger partial charge in [-0.15, -0.1) is 0 Å². The predicted molar refractivity (Wildman–Crippen MR) is 87.1 cm³/mol. The monoisotopic (exact) mass is 455 g/mol. The third-order valence-corrected chi connectivity index (χ3v) is 7.03. The molecular weight excluding hydrogens is 436 g/mol. The van der Waals surface area contributed by atoms with E-state index in [1.165, 1.54) is 0 Å². The largest absolute Gasteiger partial charge is 2.00 e. The van der Waals surface area contributed by atoms with Crippen molar-refractivity contribution < 1.29 is 44.1 Å². The van der Waals surface area contributed by atoms with Crippen molar-refractivity contribution in [1.29, 1.82) is 0 Å². The molecule has 2 rings (SSSR count). The Morgan fingerprint density at radius 1 is 0.826 bits per heavy atom. The Bertz CT molecular complexity index is 504. The fourth-order valence-corrected chi connectivity index (χ4v) is 6.01. The van der Waals surface area contributed by atoms with Gasteiger partial charge in [-0.1, -0.05) is 0 Å². The first-order valence-electron chi connectivity index (χ1n) is 6.60. The molecule has 2 heterocycles. The zero-order valence-electron chi connectivity index (χ0n) is 12.0. The van der Waals surface area contributed by atoms with Crippen LogP contribution in [0, 0.1) is 0 Å². The fourth-order valence-electron chi connectivity index (χ4n) is 2.26. The second kappa shape index (κ2) is 10.2. The van der Waals surface area contributed by atoms with Gasteiger partial charge in [0.1, 0.15) is 0 Å². The van der Waals surface area contributed by atoms with Crippen LogP contribution in [0.3, 0.4) is 0 Å². The molecule has 0 aromatic heterocycles. The van der Waals surface area contributed by atoms with E-state index < -0.39 is 30.8 Å². The molecule has 8 nitrogen and oxygen atoms in total. The minimum Gasteiger partial charge on any atom is -0.746 e. The van der Waals surface area contributed by atoms with Crippen LogP contribution < -0.4 is 10.6 Å². The maximum absolute atomic E-state index is 10.9. The molecule has 4 atom stereocenters. The summed E-state index contributed by atoms with van der Waals surface area (Å²) >= 11 is 8.88. The Kier molecular flexibility index (Phi) is 10.6. The number of hydrogen-bond acceptors (Lipinski definition) is 10. The zero-order valence-corrected chi connectivity index (χ0v) is 16.2. The fraction of sp³-hybridized carbons (Fsp3) is 1.00. The van der Waals surface area contributed by atoms with E-state index in [0.717, 1.165) is 0 Å². The molecule has 0 aliphatic carbocycles. The van der Waals surface area contributed by atoms with Gasteiger partial charge in [0.05, 0.1) is 23.0 Å². The third kappa shape index (κ3) is 10.5. The van der Waals surface area contributed by atoms with Gasteiger partial charge in [0.15, 0.2) is 19.7 Å². The van der Waals surface area contributed by atoms with Gasteiger partial charge < -0.3 is 46.1 Å². The molecule has 1 radical (unpaired) electrons. The summed E-state index contributed by atoms with van der Waals surface area (Å²) in [7, 11) is -5.72. The van der Waals surface area contributed by atoms with Crippen molar-refractivity contribution in [2.24, 2.45) is 0 Å². The number of aliphatic hydroxyl groups is 2. The molecule has 0 aromatic carbocycles. The molecule has 0 saturated carbocycles. The molecule has 141 valence electrons. The number of rotatable bonds is 4. The van der Waals surface area contributed by atoms with Gasteiger partial charge in [-0.25, -0.2) is 16.8 Å². The molecule has 2 aliphatic heterocycles. The van der Waals surface area contributed by atoms with Crippen molar-refractivity contribution in [3.63, 3.8) is 0 Å². The van der Waals surface area contributed by atoms with E-state index in [0.29, 0.717) is 12.8 Å². The van der Waals surface area contributed by atoms with Crippen LogP contribution in [0.15, 0.2) is 0 Å². The molecule has 2 saturated heterocycles. The third-order valence-electron chi connectivity index (χ3n) is 3.22. The van der Waals surface area contributed by atoms with E-state index in [2.05, 4.69) is 35.9 Å². The van der Waals surface area contributed by atoms with Gasteiger partial charge in [0.25, 0.3) is 0 Å². The van der Waals surface area contributed by atoms with Crippen molar-refractivity contribution in [3.05, 3.63) is 0 Å². The molecule has 13 heteroatoms. The van der Waals surface area contributed by atoms with Crippen LogP contribution in [-0.4, -0.2) is 73.3 Å². The normalized spacial score (nSPS) is 30.6. The van der Waals surface area contributed by atoms with Crippen LogP contribution in [0.2, 0.25) is 0 Å². The Hall–Kier alpha value is 0.959. The van der Waals surface area contributed by atoms with Gasteiger partial charge in [0.2, 0.25) is 0 Å². The Labute approximate surface area is 158 Å². The van der Waals surface area contributed by atoms with Crippen LogP contribution in [0.5, 0.6) is 0 Å². The first-order chi connectivity index (χ1) is 9.99. The molecule has 2 aliphatic rings. The van der Waals surface area contributed by atoms with E-state index in [-0.39, 0.29) is 52.2 Å². The molecule has 0 amide bonds. The average molecular weight is 456 g/mol. The maximum Gasteiger partial charge on any atom is 2.00 e. The molecular formula is C10H20CuN2O6S4. The van der Waals surface area contributed by atoms with Gasteiger partial charge in [-0.3, -0.25) is 0 Å². The topological polar surface area (TPSA) is 133 Å². The average Bonchev–Trinajstić information content (AvgIpc) is 2.80.